The summed E-state index contributed by atoms with van der Waals surface area (Å²) in [4.78, 5) is 13.3. The first-order valence-electron chi connectivity index (χ1n) is 18.1. The fourth-order valence-electron chi connectivity index (χ4n) is 8.71. The van der Waals surface area contributed by atoms with Crippen molar-refractivity contribution in [1.82, 2.24) is 9.13 Å². The summed E-state index contributed by atoms with van der Waals surface area (Å²) in [5, 5.41) is 9.20. The van der Waals surface area contributed by atoms with Crippen LogP contribution in [-0.2, 0) is 0 Å². The molecule has 5 nitrogen and oxygen atoms in total. The fraction of sp³-hybridized carbons (Fsp3) is 0. The molecule has 0 aliphatic carbocycles. The molecule has 12 aromatic rings. The number of fused-ring (bicyclic) bond motifs is 12. The standard InChI is InChI=1S/C49H28N2O3/c52-49-41-28-45-39(27-36(41)34-13-5-9-17-47(34)54-49)38-25-30(19-22-44(38)50(45)31-10-2-1-3-11-31)29-18-21-43-37(24-29)33-12-4-7-15-42(33)51(43)32-20-23-48-40(26-32)35-14-6-8-16-46(35)53-48/h1-28H. The zero-order chi connectivity index (χ0) is 35.5. The van der Waals surface area contributed by atoms with Crippen LogP contribution in [0.25, 0.3) is 110 Å². The molecule has 0 N–H and O–H groups in total. The van der Waals surface area contributed by atoms with Gasteiger partial charge in [0.1, 0.15) is 16.7 Å². The van der Waals surface area contributed by atoms with E-state index in [0.29, 0.717) is 11.0 Å². The molecule has 0 saturated heterocycles. The van der Waals surface area contributed by atoms with Crippen molar-refractivity contribution in [3.8, 4) is 22.5 Å². The van der Waals surface area contributed by atoms with E-state index in [2.05, 4.69) is 118 Å². The largest absolute Gasteiger partial charge is 0.456 e. The van der Waals surface area contributed by atoms with Crippen LogP contribution >= 0.6 is 0 Å². The molecule has 8 aromatic carbocycles. The van der Waals surface area contributed by atoms with Gasteiger partial charge in [0.05, 0.1) is 27.5 Å². The van der Waals surface area contributed by atoms with Gasteiger partial charge in [-0.25, -0.2) is 4.79 Å². The average Bonchev–Trinajstić information content (AvgIpc) is 3.87. The van der Waals surface area contributed by atoms with Crippen LogP contribution in [0.2, 0.25) is 0 Å². The number of furan rings is 1. The van der Waals surface area contributed by atoms with E-state index in [1.807, 2.05) is 60.7 Å². The highest BCUT2D eigenvalue weighted by Crippen LogP contribution is 2.40. The van der Waals surface area contributed by atoms with E-state index < -0.39 is 0 Å². The minimum absolute atomic E-state index is 0.332. The number of hydrogen-bond acceptors (Lipinski definition) is 3. The van der Waals surface area contributed by atoms with E-state index in [0.717, 1.165) is 88.1 Å². The Bertz CT molecular complexity index is 3580. The second-order valence-corrected chi connectivity index (χ2v) is 14.1. The molecule has 0 unspecified atom stereocenters. The molecule has 0 saturated carbocycles. The maximum Gasteiger partial charge on any atom is 0.344 e. The van der Waals surface area contributed by atoms with Crippen molar-refractivity contribution in [2.45, 2.75) is 0 Å². The Balaban J connectivity index is 1.09. The van der Waals surface area contributed by atoms with Crippen molar-refractivity contribution in [1.29, 1.82) is 0 Å². The van der Waals surface area contributed by atoms with Gasteiger partial charge in [0.15, 0.2) is 0 Å². The van der Waals surface area contributed by atoms with E-state index >= 15 is 0 Å². The van der Waals surface area contributed by atoms with E-state index in [9.17, 15) is 4.79 Å². The highest BCUT2D eigenvalue weighted by Gasteiger charge is 2.19. The van der Waals surface area contributed by atoms with Crippen molar-refractivity contribution in [3.63, 3.8) is 0 Å². The number of nitrogens with zero attached hydrogens (tertiary/aromatic N) is 2. The van der Waals surface area contributed by atoms with Crippen molar-refractivity contribution in [2.24, 2.45) is 0 Å². The normalized spacial score (nSPS) is 12.1. The summed E-state index contributed by atoms with van der Waals surface area (Å²) in [5.74, 6) is 0. The maximum absolute atomic E-state index is 13.3. The lowest BCUT2D eigenvalue weighted by atomic mass is 9.99. The number of para-hydroxylation sites is 4. The Hall–Kier alpha value is -7.37. The molecule has 0 radical (unpaired) electrons. The average molecular weight is 693 g/mol. The second-order valence-electron chi connectivity index (χ2n) is 14.1. The van der Waals surface area contributed by atoms with Gasteiger partial charge in [-0.2, -0.15) is 0 Å². The van der Waals surface area contributed by atoms with Crippen LogP contribution in [0.3, 0.4) is 0 Å². The van der Waals surface area contributed by atoms with Crippen molar-refractivity contribution in [2.75, 3.05) is 0 Å². The SMILES string of the molecule is O=c1oc2ccccc2c2cc3c4cc(-c5ccc6c(c5)c5ccccc5n6-c5ccc6oc7ccccc7c6c5)ccc4n(-c4ccccc4)c3cc12. The van der Waals surface area contributed by atoms with Gasteiger partial charge in [0.2, 0.25) is 0 Å². The number of rotatable bonds is 3. The zero-order valence-corrected chi connectivity index (χ0v) is 28.8. The minimum atomic E-state index is -0.332. The van der Waals surface area contributed by atoms with Crippen molar-refractivity contribution in [3.05, 3.63) is 180 Å². The van der Waals surface area contributed by atoms with Crippen LogP contribution in [0, 0.1) is 0 Å². The minimum Gasteiger partial charge on any atom is -0.456 e. The second kappa shape index (κ2) is 10.8. The summed E-state index contributed by atoms with van der Waals surface area (Å²) in [5.41, 5.74) is 10.8. The summed E-state index contributed by atoms with van der Waals surface area (Å²) in [6, 6.07) is 59.1. The summed E-state index contributed by atoms with van der Waals surface area (Å²) >= 11 is 0. The molecule has 0 atom stereocenters. The molecule has 0 amide bonds. The summed E-state index contributed by atoms with van der Waals surface area (Å²) in [7, 11) is 0. The molecule has 12 rings (SSSR count). The molecule has 0 bridgehead atoms. The lowest BCUT2D eigenvalue weighted by Crippen LogP contribution is -2.00. The monoisotopic (exact) mass is 692 g/mol. The Morgan fingerprint density at radius 3 is 1.63 bits per heavy atom. The molecule has 0 aliphatic rings. The predicted molar refractivity (Wildman–Crippen MR) is 221 cm³/mol. The summed E-state index contributed by atoms with van der Waals surface area (Å²) in [6.07, 6.45) is 0. The topological polar surface area (TPSA) is 53.2 Å². The Kier molecular flexibility index (Phi) is 5.86. The lowest BCUT2D eigenvalue weighted by Gasteiger charge is -2.09. The third-order valence-corrected chi connectivity index (χ3v) is 11.1. The van der Waals surface area contributed by atoms with Crippen LogP contribution in [0.15, 0.2) is 183 Å². The predicted octanol–water partition coefficient (Wildman–Crippen LogP) is 12.7. The molecule has 0 fully saturated rings. The van der Waals surface area contributed by atoms with Gasteiger partial charge in [0, 0.05) is 54.5 Å². The molecule has 5 heteroatoms. The quantitative estimate of drug-likeness (QED) is 0.137. The fourth-order valence-corrected chi connectivity index (χ4v) is 8.71. The summed E-state index contributed by atoms with van der Waals surface area (Å²) in [6.45, 7) is 0. The van der Waals surface area contributed by atoms with Crippen LogP contribution in [0.5, 0.6) is 0 Å². The van der Waals surface area contributed by atoms with Crippen molar-refractivity contribution < 1.29 is 8.83 Å². The molecule has 4 aromatic heterocycles. The van der Waals surface area contributed by atoms with E-state index in [4.69, 9.17) is 8.83 Å². The van der Waals surface area contributed by atoms with Crippen LogP contribution in [0.4, 0.5) is 0 Å². The van der Waals surface area contributed by atoms with Crippen molar-refractivity contribution >= 4 is 87.3 Å². The lowest BCUT2D eigenvalue weighted by molar-refractivity contribution is 0.570. The van der Waals surface area contributed by atoms with Gasteiger partial charge in [0.25, 0.3) is 0 Å². The Morgan fingerprint density at radius 2 is 0.870 bits per heavy atom. The first-order chi connectivity index (χ1) is 26.7. The van der Waals surface area contributed by atoms with Gasteiger partial charge >= 0.3 is 5.63 Å². The van der Waals surface area contributed by atoms with Gasteiger partial charge in [-0.15, -0.1) is 0 Å². The third-order valence-electron chi connectivity index (χ3n) is 11.1. The zero-order valence-electron chi connectivity index (χ0n) is 28.8. The Morgan fingerprint density at radius 1 is 0.315 bits per heavy atom. The van der Waals surface area contributed by atoms with Gasteiger partial charge < -0.3 is 18.0 Å². The molecular weight excluding hydrogens is 665 g/mol. The maximum atomic E-state index is 13.3. The molecule has 0 aliphatic heterocycles. The van der Waals surface area contributed by atoms with Crippen LogP contribution in [0.1, 0.15) is 0 Å². The number of aromatic nitrogens is 2. The molecular formula is C49H28N2O3. The molecule has 54 heavy (non-hydrogen) atoms. The highest BCUT2D eigenvalue weighted by atomic mass is 16.4. The van der Waals surface area contributed by atoms with Crippen LogP contribution < -0.4 is 5.63 Å². The first kappa shape index (κ1) is 29.2. The van der Waals surface area contributed by atoms with E-state index in [1.54, 1.807) is 0 Å². The van der Waals surface area contributed by atoms with Gasteiger partial charge in [-0.1, -0.05) is 84.9 Å². The van der Waals surface area contributed by atoms with E-state index in [-0.39, 0.29) is 5.63 Å². The van der Waals surface area contributed by atoms with Gasteiger partial charge in [-0.3, -0.25) is 0 Å². The summed E-state index contributed by atoms with van der Waals surface area (Å²) < 4.78 is 16.6. The number of hydrogen-bond donors (Lipinski definition) is 0. The smallest absolute Gasteiger partial charge is 0.344 e. The molecule has 0 spiro atoms. The van der Waals surface area contributed by atoms with Crippen LogP contribution in [-0.4, -0.2) is 9.13 Å². The third kappa shape index (κ3) is 4.06. The number of benzene rings is 8. The Labute approximate surface area is 307 Å². The first-order valence-corrected chi connectivity index (χ1v) is 18.1. The highest BCUT2D eigenvalue weighted by molar-refractivity contribution is 6.18. The van der Waals surface area contributed by atoms with Gasteiger partial charge in [-0.05, 0) is 96.1 Å². The molecule has 4 heterocycles. The molecule has 252 valence electrons. The van der Waals surface area contributed by atoms with E-state index in [1.165, 1.54) is 10.8 Å².